The Morgan fingerprint density at radius 3 is 2.58 bits per heavy atom. The number of benzene rings is 1. The van der Waals surface area contributed by atoms with Crippen LogP contribution >= 0.6 is 0 Å². The topological polar surface area (TPSA) is 109 Å². The molecule has 0 bridgehead atoms. The molecule has 0 fully saturated rings. The first-order valence-electron chi connectivity index (χ1n) is 10.5. The van der Waals surface area contributed by atoms with Gasteiger partial charge in [-0.05, 0) is 50.8 Å². The summed E-state index contributed by atoms with van der Waals surface area (Å²) in [5, 5.41) is 24.2. The lowest BCUT2D eigenvalue weighted by Gasteiger charge is -2.17. The molecule has 0 radical (unpaired) electrons. The Kier molecular flexibility index (Phi) is 9.61. The molecule has 1 aromatic carbocycles. The van der Waals surface area contributed by atoms with Crippen LogP contribution in [0.25, 0.3) is 0 Å². The fraction of sp³-hybridized carbons (Fsp3) is 0.435. The number of aromatic hydroxyl groups is 2. The molecule has 0 unspecified atom stereocenters. The highest BCUT2D eigenvalue weighted by atomic mass is 16.6. The normalized spacial score (nSPS) is 16.3. The number of fused-ring (bicyclic) bond motifs is 1. The Morgan fingerprint density at radius 1 is 1.13 bits per heavy atom. The maximum atomic E-state index is 12.5. The average molecular weight is 431 g/mol. The number of phenols is 2. The molecule has 8 heteroatoms. The number of hydrogen-bond acceptors (Lipinski definition) is 7. The number of phenolic OH excluding ortho intramolecular Hbond substituents is 2. The summed E-state index contributed by atoms with van der Waals surface area (Å²) < 4.78 is 5.26. The van der Waals surface area contributed by atoms with Crippen LogP contribution in [0.1, 0.15) is 49.0 Å². The predicted octanol–water partition coefficient (Wildman–Crippen LogP) is 3.33. The molecule has 0 saturated heterocycles. The molecule has 0 aromatic heterocycles. The van der Waals surface area contributed by atoms with E-state index in [4.69, 9.17) is 9.57 Å². The lowest BCUT2D eigenvalue weighted by molar-refractivity contribution is -0.135. The third kappa shape index (κ3) is 7.47. The van der Waals surface area contributed by atoms with Crippen LogP contribution in [0.2, 0.25) is 0 Å². The number of allylic oxidation sites excluding steroid dienone is 3. The van der Waals surface area contributed by atoms with Crippen LogP contribution in [0.3, 0.4) is 0 Å². The van der Waals surface area contributed by atoms with Gasteiger partial charge in [-0.1, -0.05) is 23.4 Å². The van der Waals surface area contributed by atoms with Gasteiger partial charge < -0.3 is 24.7 Å². The highest BCUT2D eigenvalue weighted by Gasteiger charge is 2.20. The molecule has 1 aromatic rings. The number of esters is 1. The molecule has 0 aliphatic carbocycles. The van der Waals surface area contributed by atoms with Gasteiger partial charge >= 0.3 is 5.97 Å². The monoisotopic (exact) mass is 430 g/mol. The Labute approximate surface area is 182 Å². The molecular formula is C23H30N2O6. The number of hydrogen-bond donors (Lipinski definition) is 2. The van der Waals surface area contributed by atoms with Crippen molar-refractivity contribution in [2.75, 3.05) is 26.3 Å². The molecule has 1 amide bonds. The molecule has 168 valence electrons. The van der Waals surface area contributed by atoms with E-state index >= 15 is 0 Å². The van der Waals surface area contributed by atoms with Crippen LogP contribution in [0.15, 0.2) is 41.6 Å². The minimum absolute atomic E-state index is 0.0286. The van der Waals surface area contributed by atoms with E-state index in [-0.39, 0.29) is 42.6 Å². The summed E-state index contributed by atoms with van der Waals surface area (Å²) in [6.45, 7) is 4.91. The number of cyclic esters (lactones) is 1. The van der Waals surface area contributed by atoms with E-state index in [1.807, 2.05) is 32.1 Å². The number of oxime groups is 1. The van der Waals surface area contributed by atoms with E-state index in [0.29, 0.717) is 30.8 Å². The first-order valence-corrected chi connectivity index (χ1v) is 10.5. The molecule has 2 rings (SSSR count). The minimum Gasteiger partial charge on any atom is -0.508 e. The summed E-state index contributed by atoms with van der Waals surface area (Å²) >= 11 is 0. The second kappa shape index (κ2) is 12.4. The predicted molar refractivity (Wildman–Crippen MR) is 117 cm³/mol. The Balaban J connectivity index is 2.31. The maximum absolute atomic E-state index is 12.5. The summed E-state index contributed by atoms with van der Waals surface area (Å²) in [6, 6.07) is 2.47. The summed E-state index contributed by atoms with van der Waals surface area (Å²) in [6.07, 6.45) is 9.86. The van der Waals surface area contributed by atoms with Gasteiger partial charge in [0.1, 0.15) is 17.1 Å². The van der Waals surface area contributed by atoms with Crippen molar-refractivity contribution in [2.45, 2.75) is 39.5 Å². The third-order valence-corrected chi connectivity index (χ3v) is 4.74. The smallest absolute Gasteiger partial charge is 0.342 e. The van der Waals surface area contributed by atoms with Gasteiger partial charge in [-0.25, -0.2) is 4.79 Å². The summed E-state index contributed by atoms with van der Waals surface area (Å²) in [4.78, 5) is 31.6. The first kappa shape index (κ1) is 24.0. The van der Waals surface area contributed by atoms with Crippen molar-refractivity contribution in [1.82, 2.24) is 4.90 Å². The van der Waals surface area contributed by atoms with Crippen LogP contribution in [0.4, 0.5) is 0 Å². The number of rotatable bonds is 5. The van der Waals surface area contributed by atoms with Crippen molar-refractivity contribution < 1.29 is 29.4 Å². The third-order valence-electron chi connectivity index (χ3n) is 4.74. The minimum atomic E-state index is -0.682. The van der Waals surface area contributed by atoms with Gasteiger partial charge in [0.05, 0.1) is 12.3 Å². The number of carbonyl (C=O) groups is 2. The van der Waals surface area contributed by atoms with Gasteiger partial charge in [0.2, 0.25) is 0 Å². The molecule has 1 aliphatic rings. The highest BCUT2D eigenvalue weighted by Crippen LogP contribution is 2.29. The molecular weight excluding hydrogens is 400 g/mol. The highest BCUT2D eigenvalue weighted by molar-refractivity contribution is 6.00. The fourth-order valence-electron chi connectivity index (χ4n) is 3.14. The van der Waals surface area contributed by atoms with Gasteiger partial charge in [-0.3, -0.25) is 4.79 Å². The van der Waals surface area contributed by atoms with Gasteiger partial charge in [-0.2, -0.15) is 0 Å². The van der Waals surface area contributed by atoms with Gasteiger partial charge in [0.25, 0.3) is 5.91 Å². The molecule has 0 spiro atoms. The maximum Gasteiger partial charge on any atom is 0.342 e. The van der Waals surface area contributed by atoms with E-state index in [9.17, 15) is 19.8 Å². The number of nitrogens with zero attached hydrogens (tertiary/aromatic N) is 2. The van der Waals surface area contributed by atoms with E-state index in [2.05, 4.69) is 5.16 Å². The quantitative estimate of drug-likeness (QED) is 0.421. The van der Waals surface area contributed by atoms with Gasteiger partial charge in [-0.15, -0.1) is 0 Å². The van der Waals surface area contributed by atoms with Crippen molar-refractivity contribution >= 4 is 17.6 Å². The van der Waals surface area contributed by atoms with Crippen molar-refractivity contribution in [1.29, 1.82) is 0 Å². The fourth-order valence-corrected chi connectivity index (χ4v) is 3.14. The molecule has 1 heterocycles. The Hall–Kier alpha value is -3.29. The summed E-state index contributed by atoms with van der Waals surface area (Å²) in [5.41, 5.74) is 0.753. The first-order chi connectivity index (χ1) is 15.0. The molecule has 8 nitrogen and oxygen atoms in total. The van der Waals surface area contributed by atoms with Crippen molar-refractivity contribution in [3.63, 3.8) is 0 Å². The SMILES string of the molecule is CCN(CC)C(=O)CON=C1C=CCCC=CCCOC(=O)c2c(O)cc(O)cc2C1. The van der Waals surface area contributed by atoms with Gasteiger partial charge in [0.15, 0.2) is 6.61 Å². The van der Waals surface area contributed by atoms with E-state index < -0.39 is 5.97 Å². The molecule has 0 atom stereocenters. The number of ether oxygens (including phenoxy) is 1. The second-order valence-corrected chi connectivity index (χ2v) is 6.97. The van der Waals surface area contributed by atoms with Crippen LogP contribution in [0, 0.1) is 0 Å². The lowest BCUT2D eigenvalue weighted by Crippen LogP contribution is -2.33. The van der Waals surface area contributed by atoms with Crippen LogP contribution in [-0.2, 0) is 20.8 Å². The second-order valence-electron chi connectivity index (χ2n) is 6.97. The van der Waals surface area contributed by atoms with Gasteiger partial charge in [0, 0.05) is 25.6 Å². The molecule has 2 N–H and O–H groups in total. The van der Waals surface area contributed by atoms with Crippen molar-refractivity contribution in [3.05, 3.63) is 47.6 Å². The standard InChI is InChI=1S/C23H30N2O6/c1-3-25(4-2)21(28)16-31-24-18-11-9-7-5-6-8-10-12-30-23(29)22-17(13-18)14-19(26)15-20(22)27/h6,8-9,11,14-15,26-27H,3-5,7,10,12-13,16H2,1-2H3. The zero-order valence-electron chi connectivity index (χ0n) is 18.0. The largest absolute Gasteiger partial charge is 0.508 e. The Morgan fingerprint density at radius 2 is 1.84 bits per heavy atom. The molecule has 1 aliphatic heterocycles. The number of likely N-dealkylation sites (N-methyl/N-ethyl adjacent to an activating group) is 1. The summed E-state index contributed by atoms with van der Waals surface area (Å²) in [5.74, 6) is -1.42. The average Bonchev–Trinajstić information content (AvgIpc) is 2.72. The van der Waals surface area contributed by atoms with Crippen LogP contribution < -0.4 is 0 Å². The molecule has 31 heavy (non-hydrogen) atoms. The van der Waals surface area contributed by atoms with Crippen LogP contribution in [-0.4, -0.2) is 59.0 Å². The zero-order valence-corrected chi connectivity index (χ0v) is 18.0. The number of amides is 1. The van der Waals surface area contributed by atoms with E-state index in [0.717, 1.165) is 18.9 Å². The van der Waals surface area contributed by atoms with Crippen molar-refractivity contribution in [2.24, 2.45) is 5.16 Å². The number of carbonyl (C=O) groups excluding carboxylic acids is 2. The van der Waals surface area contributed by atoms with E-state index in [1.54, 1.807) is 11.0 Å². The Bertz CT molecular complexity index is 856. The van der Waals surface area contributed by atoms with Crippen LogP contribution in [0.5, 0.6) is 11.5 Å². The molecule has 0 saturated carbocycles. The van der Waals surface area contributed by atoms with E-state index in [1.165, 1.54) is 6.07 Å². The van der Waals surface area contributed by atoms with Crippen molar-refractivity contribution in [3.8, 4) is 11.5 Å². The summed E-state index contributed by atoms with van der Waals surface area (Å²) in [7, 11) is 0. The lowest BCUT2D eigenvalue weighted by atomic mass is 10.00. The zero-order chi connectivity index (χ0) is 22.6.